The average Bonchev–Trinajstić information content (AvgIpc) is 3.02. The summed E-state index contributed by atoms with van der Waals surface area (Å²) in [5.74, 6) is 0.854. The Bertz CT molecular complexity index is 1160. The standard InChI is InChI=1S/C25H34N4O4S/c1-25(2)20-18-19(10-11-21(20)27(3)24(25)30)34(31,32)26-12-7-13-28-14-16-29(17-15-28)22-8-5-6-9-23(22)33-4/h5-6,8-11,18,26H,7,12-17H2,1-4H3. The number of carbonyl (C=O) groups is 1. The van der Waals surface area contributed by atoms with E-state index in [1.54, 1.807) is 37.3 Å². The lowest BCUT2D eigenvalue weighted by atomic mass is 9.86. The molecule has 1 N–H and O–H groups in total. The van der Waals surface area contributed by atoms with Gasteiger partial charge >= 0.3 is 0 Å². The maximum absolute atomic E-state index is 12.9. The normalized spacial score (nSPS) is 18.3. The van der Waals surface area contributed by atoms with Crippen LogP contribution in [0.3, 0.4) is 0 Å². The molecule has 0 aromatic heterocycles. The topological polar surface area (TPSA) is 82.2 Å². The van der Waals surface area contributed by atoms with Crippen LogP contribution in [0.4, 0.5) is 11.4 Å². The number of hydrogen-bond acceptors (Lipinski definition) is 6. The van der Waals surface area contributed by atoms with E-state index in [2.05, 4.69) is 20.6 Å². The number of rotatable bonds is 8. The molecule has 0 unspecified atom stereocenters. The summed E-state index contributed by atoms with van der Waals surface area (Å²) >= 11 is 0. The van der Waals surface area contributed by atoms with E-state index in [9.17, 15) is 13.2 Å². The van der Waals surface area contributed by atoms with E-state index in [0.29, 0.717) is 6.54 Å². The molecule has 8 nitrogen and oxygen atoms in total. The van der Waals surface area contributed by atoms with Gasteiger partial charge in [0.25, 0.3) is 0 Å². The lowest BCUT2D eigenvalue weighted by molar-refractivity contribution is -0.121. The first-order valence-corrected chi connectivity index (χ1v) is 13.2. The van der Waals surface area contributed by atoms with Crippen LogP contribution < -0.4 is 19.3 Å². The van der Waals surface area contributed by atoms with Crippen LogP contribution in [0.1, 0.15) is 25.8 Å². The summed E-state index contributed by atoms with van der Waals surface area (Å²) in [5, 5.41) is 0. The van der Waals surface area contributed by atoms with Crippen molar-refractivity contribution in [3.63, 3.8) is 0 Å². The van der Waals surface area contributed by atoms with Crippen LogP contribution in [0.15, 0.2) is 47.4 Å². The Balaban J connectivity index is 1.28. The monoisotopic (exact) mass is 486 g/mol. The first-order chi connectivity index (χ1) is 16.1. The molecule has 2 heterocycles. The molecule has 0 radical (unpaired) electrons. The van der Waals surface area contributed by atoms with E-state index >= 15 is 0 Å². The quantitative estimate of drug-likeness (QED) is 0.578. The highest BCUT2D eigenvalue weighted by Gasteiger charge is 2.42. The smallest absolute Gasteiger partial charge is 0.240 e. The lowest BCUT2D eigenvalue weighted by Gasteiger charge is -2.36. The molecule has 2 aliphatic rings. The highest BCUT2D eigenvalue weighted by atomic mass is 32.2. The van der Waals surface area contributed by atoms with Crippen molar-refractivity contribution in [3.05, 3.63) is 48.0 Å². The van der Waals surface area contributed by atoms with E-state index in [0.717, 1.165) is 61.8 Å². The SMILES string of the molecule is COc1ccccc1N1CCN(CCCNS(=O)(=O)c2ccc3c(c2)C(C)(C)C(=O)N3C)CC1. The fourth-order valence-electron chi connectivity index (χ4n) is 4.82. The zero-order chi connectivity index (χ0) is 24.5. The molecule has 1 saturated heterocycles. The lowest BCUT2D eigenvalue weighted by Crippen LogP contribution is -2.47. The van der Waals surface area contributed by atoms with Crippen molar-refractivity contribution in [3.8, 4) is 5.75 Å². The van der Waals surface area contributed by atoms with E-state index in [1.165, 1.54) is 0 Å². The Labute approximate surface area is 202 Å². The molecule has 0 spiro atoms. The minimum Gasteiger partial charge on any atom is -0.495 e. The zero-order valence-corrected chi connectivity index (χ0v) is 21.2. The third-order valence-corrected chi connectivity index (χ3v) is 8.35. The first kappa shape index (κ1) is 24.5. The van der Waals surface area contributed by atoms with Crippen LogP contribution in [0, 0.1) is 0 Å². The first-order valence-electron chi connectivity index (χ1n) is 11.7. The van der Waals surface area contributed by atoms with Crippen molar-refractivity contribution in [1.82, 2.24) is 9.62 Å². The maximum Gasteiger partial charge on any atom is 0.240 e. The largest absolute Gasteiger partial charge is 0.495 e. The summed E-state index contributed by atoms with van der Waals surface area (Å²) in [6.45, 7) is 8.52. The van der Waals surface area contributed by atoms with Gasteiger partial charge in [-0.05, 0) is 62.7 Å². The number of likely N-dealkylation sites (N-methyl/N-ethyl adjacent to an activating group) is 1. The van der Waals surface area contributed by atoms with Gasteiger partial charge in [0.15, 0.2) is 0 Å². The second kappa shape index (κ2) is 9.56. The maximum atomic E-state index is 12.9. The molecule has 9 heteroatoms. The van der Waals surface area contributed by atoms with Gasteiger partial charge in [0, 0.05) is 45.5 Å². The van der Waals surface area contributed by atoms with Crippen molar-refractivity contribution in [2.24, 2.45) is 0 Å². The van der Waals surface area contributed by atoms with Gasteiger partial charge in [-0.1, -0.05) is 12.1 Å². The molecule has 0 aliphatic carbocycles. The van der Waals surface area contributed by atoms with Crippen molar-refractivity contribution < 1.29 is 17.9 Å². The average molecular weight is 487 g/mol. The second-order valence-corrected chi connectivity index (χ2v) is 11.2. The van der Waals surface area contributed by atoms with E-state index < -0.39 is 15.4 Å². The predicted octanol–water partition coefficient (Wildman–Crippen LogP) is 2.44. The second-order valence-electron chi connectivity index (χ2n) is 9.42. The number of nitrogens with zero attached hydrogens (tertiary/aromatic N) is 3. The van der Waals surface area contributed by atoms with E-state index in [1.807, 2.05) is 32.0 Å². The molecule has 1 amide bonds. The van der Waals surface area contributed by atoms with Gasteiger partial charge < -0.3 is 14.5 Å². The number of piperazine rings is 1. The van der Waals surface area contributed by atoms with Gasteiger partial charge in [-0.2, -0.15) is 0 Å². The number of ether oxygens (including phenoxy) is 1. The molecular formula is C25H34N4O4S. The summed E-state index contributed by atoms with van der Waals surface area (Å²) in [6, 6.07) is 13.0. The van der Waals surface area contributed by atoms with Gasteiger partial charge in [0.2, 0.25) is 15.9 Å². The number of benzene rings is 2. The zero-order valence-electron chi connectivity index (χ0n) is 20.4. The van der Waals surface area contributed by atoms with Crippen LogP contribution in [-0.2, 0) is 20.2 Å². The Kier molecular flexibility index (Phi) is 6.89. The molecular weight excluding hydrogens is 452 g/mol. The number of amides is 1. The molecule has 0 bridgehead atoms. The number of anilines is 2. The van der Waals surface area contributed by atoms with Crippen molar-refractivity contribution in [2.75, 3.05) is 63.2 Å². The summed E-state index contributed by atoms with van der Waals surface area (Å²) in [4.78, 5) is 19.0. The molecule has 4 rings (SSSR count). The summed E-state index contributed by atoms with van der Waals surface area (Å²) in [6.07, 6.45) is 0.728. The Morgan fingerprint density at radius 3 is 2.44 bits per heavy atom. The number of methoxy groups -OCH3 is 1. The molecule has 0 saturated carbocycles. The third kappa shape index (κ3) is 4.64. The molecule has 34 heavy (non-hydrogen) atoms. The van der Waals surface area contributed by atoms with Crippen LogP contribution >= 0.6 is 0 Å². The number of carbonyl (C=O) groups excluding carboxylic acids is 1. The van der Waals surface area contributed by atoms with Crippen molar-refractivity contribution in [2.45, 2.75) is 30.6 Å². The number of para-hydroxylation sites is 2. The van der Waals surface area contributed by atoms with Crippen LogP contribution in [0.5, 0.6) is 5.75 Å². The molecule has 1 fully saturated rings. The number of sulfonamides is 1. The summed E-state index contributed by atoms with van der Waals surface area (Å²) < 4.78 is 34.0. The minimum absolute atomic E-state index is 0.0317. The highest BCUT2D eigenvalue weighted by molar-refractivity contribution is 7.89. The predicted molar refractivity (Wildman–Crippen MR) is 134 cm³/mol. The van der Waals surface area contributed by atoms with Gasteiger partial charge in [-0.3, -0.25) is 9.69 Å². The van der Waals surface area contributed by atoms with Crippen LogP contribution in [0.2, 0.25) is 0 Å². The van der Waals surface area contributed by atoms with Crippen LogP contribution in [0.25, 0.3) is 0 Å². The number of nitrogens with one attached hydrogen (secondary N) is 1. The molecule has 0 atom stereocenters. The van der Waals surface area contributed by atoms with Crippen LogP contribution in [-0.4, -0.2) is 72.7 Å². The fourth-order valence-corrected chi connectivity index (χ4v) is 5.92. The highest BCUT2D eigenvalue weighted by Crippen LogP contribution is 2.41. The molecule has 2 aromatic rings. The number of fused-ring (bicyclic) bond motifs is 1. The minimum atomic E-state index is -3.64. The molecule has 184 valence electrons. The molecule has 2 aliphatic heterocycles. The fraction of sp³-hybridized carbons (Fsp3) is 0.480. The van der Waals surface area contributed by atoms with Gasteiger partial charge in [-0.25, -0.2) is 13.1 Å². The van der Waals surface area contributed by atoms with Gasteiger partial charge in [-0.15, -0.1) is 0 Å². The molecule has 2 aromatic carbocycles. The van der Waals surface area contributed by atoms with E-state index in [-0.39, 0.29) is 10.8 Å². The van der Waals surface area contributed by atoms with Crippen molar-refractivity contribution in [1.29, 1.82) is 0 Å². The Hall–Kier alpha value is -2.62. The third-order valence-electron chi connectivity index (χ3n) is 6.89. The van der Waals surface area contributed by atoms with Crippen molar-refractivity contribution >= 4 is 27.3 Å². The number of hydrogen-bond donors (Lipinski definition) is 1. The summed E-state index contributed by atoms with van der Waals surface area (Å²) in [5.41, 5.74) is 1.89. The van der Waals surface area contributed by atoms with Gasteiger partial charge in [0.05, 0.1) is 23.1 Å². The van der Waals surface area contributed by atoms with Gasteiger partial charge in [0.1, 0.15) is 5.75 Å². The summed E-state index contributed by atoms with van der Waals surface area (Å²) in [7, 11) is -0.230. The Morgan fingerprint density at radius 2 is 1.74 bits per heavy atom. The Morgan fingerprint density at radius 1 is 1.03 bits per heavy atom. The van der Waals surface area contributed by atoms with E-state index in [4.69, 9.17) is 4.74 Å².